The molecule has 0 amide bonds. The Morgan fingerprint density at radius 1 is 1.40 bits per heavy atom. The number of allylic oxidation sites excluding steroid dienone is 1. The molecule has 3 nitrogen and oxygen atoms in total. The summed E-state index contributed by atoms with van der Waals surface area (Å²) in [6, 6.07) is 7.81. The van der Waals surface area contributed by atoms with Crippen molar-refractivity contribution in [3.63, 3.8) is 0 Å². The summed E-state index contributed by atoms with van der Waals surface area (Å²) in [4.78, 5) is 10.4. The summed E-state index contributed by atoms with van der Waals surface area (Å²) < 4.78 is 5.41. The molecule has 0 saturated heterocycles. The van der Waals surface area contributed by atoms with Crippen LogP contribution in [0.5, 0.6) is 5.75 Å². The Morgan fingerprint density at radius 2 is 2.20 bits per heavy atom. The number of benzene rings is 1. The van der Waals surface area contributed by atoms with Crippen LogP contribution in [0.25, 0.3) is 0 Å². The Kier molecular flexibility index (Phi) is 2.72. The van der Waals surface area contributed by atoms with Gasteiger partial charge >= 0.3 is 5.97 Å². The minimum atomic E-state index is -0.769. The van der Waals surface area contributed by atoms with Gasteiger partial charge in [0.25, 0.3) is 0 Å². The van der Waals surface area contributed by atoms with Crippen LogP contribution >= 0.6 is 0 Å². The summed E-state index contributed by atoms with van der Waals surface area (Å²) in [5.41, 5.74) is 2.16. The first-order chi connectivity index (χ1) is 7.25. The maximum Gasteiger partial charge on any atom is 0.303 e. The van der Waals surface area contributed by atoms with Gasteiger partial charge in [-0.15, -0.1) is 0 Å². The highest BCUT2D eigenvalue weighted by atomic mass is 16.5. The van der Waals surface area contributed by atoms with Gasteiger partial charge in [-0.1, -0.05) is 18.2 Å². The van der Waals surface area contributed by atoms with E-state index in [-0.39, 0.29) is 6.42 Å². The molecule has 0 spiro atoms. The number of rotatable bonds is 3. The lowest BCUT2D eigenvalue weighted by molar-refractivity contribution is -0.136. The van der Waals surface area contributed by atoms with Crippen molar-refractivity contribution in [3.05, 3.63) is 41.7 Å². The molecule has 1 heterocycles. The van der Waals surface area contributed by atoms with Gasteiger partial charge in [-0.3, -0.25) is 4.79 Å². The van der Waals surface area contributed by atoms with E-state index in [1.807, 2.05) is 24.3 Å². The summed E-state index contributed by atoms with van der Waals surface area (Å²) in [5.74, 6) is 0.103. The Balaban J connectivity index is 2.03. The molecule has 0 aromatic heterocycles. The van der Waals surface area contributed by atoms with E-state index in [0.717, 1.165) is 23.3 Å². The Bertz CT molecular complexity index is 407. The molecule has 1 aliphatic rings. The van der Waals surface area contributed by atoms with E-state index in [1.54, 1.807) is 6.26 Å². The van der Waals surface area contributed by atoms with E-state index in [9.17, 15) is 4.79 Å². The summed E-state index contributed by atoms with van der Waals surface area (Å²) in [6.45, 7) is 0. The first-order valence-corrected chi connectivity index (χ1v) is 4.90. The van der Waals surface area contributed by atoms with Crippen molar-refractivity contribution >= 4 is 5.97 Å². The molecule has 0 atom stereocenters. The summed E-state index contributed by atoms with van der Waals surface area (Å²) in [6.07, 6.45) is 3.19. The van der Waals surface area contributed by atoms with Crippen LogP contribution in [-0.2, 0) is 11.2 Å². The highest BCUT2D eigenvalue weighted by molar-refractivity contribution is 5.67. The number of ether oxygens (including phenoxy) is 1. The van der Waals surface area contributed by atoms with E-state index < -0.39 is 5.97 Å². The minimum Gasteiger partial charge on any atom is -0.481 e. The van der Waals surface area contributed by atoms with Crippen molar-refractivity contribution < 1.29 is 14.6 Å². The molecule has 15 heavy (non-hydrogen) atoms. The molecule has 0 aliphatic carbocycles. The van der Waals surface area contributed by atoms with Crippen molar-refractivity contribution in [2.75, 3.05) is 0 Å². The number of fused-ring (bicyclic) bond motifs is 1. The van der Waals surface area contributed by atoms with Crippen molar-refractivity contribution in [1.29, 1.82) is 0 Å². The van der Waals surface area contributed by atoms with Crippen molar-refractivity contribution in [2.45, 2.75) is 19.3 Å². The lowest BCUT2D eigenvalue weighted by Crippen LogP contribution is -2.04. The standard InChI is InChI=1S/C12H12O3/c13-12(14)6-5-9-7-10-3-1-2-4-11(10)15-8-9/h1-4,8H,5-7H2,(H,13,14). The maximum absolute atomic E-state index is 10.4. The average Bonchev–Trinajstić information content (AvgIpc) is 2.26. The fourth-order valence-corrected chi connectivity index (χ4v) is 1.61. The van der Waals surface area contributed by atoms with Crippen LogP contribution in [0.4, 0.5) is 0 Å². The van der Waals surface area contributed by atoms with Crippen LogP contribution in [0.1, 0.15) is 18.4 Å². The summed E-state index contributed by atoms with van der Waals surface area (Å²) in [5, 5.41) is 8.57. The highest BCUT2D eigenvalue weighted by Gasteiger charge is 2.12. The smallest absolute Gasteiger partial charge is 0.303 e. The second kappa shape index (κ2) is 4.17. The third kappa shape index (κ3) is 2.37. The molecule has 3 heteroatoms. The molecular formula is C12H12O3. The molecule has 1 aliphatic heterocycles. The lowest BCUT2D eigenvalue weighted by Gasteiger charge is -2.16. The normalized spacial score (nSPS) is 13.7. The van der Waals surface area contributed by atoms with Gasteiger partial charge in [0.05, 0.1) is 6.26 Å². The average molecular weight is 204 g/mol. The highest BCUT2D eigenvalue weighted by Crippen LogP contribution is 2.27. The molecule has 0 saturated carbocycles. The minimum absolute atomic E-state index is 0.164. The number of hydrogen-bond acceptors (Lipinski definition) is 2. The van der Waals surface area contributed by atoms with Gasteiger partial charge in [-0.2, -0.15) is 0 Å². The van der Waals surface area contributed by atoms with E-state index in [0.29, 0.717) is 6.42 Å². The first kappa shape index (κ1) is 9.77. The van der Waals surface area contributed by atoms with Gasteiger partial charge in [0.1, 0.15) is 5.75 Å². The predicted octanol–water partition coefficient (Wildman–Crippen LogP) is 2.37. The van der Waals surface area contributed by atoms with Gasteiger partial charge in [0.15, 0.2) is 0 Å². The first-order valence-electron chi connectivity index (χ1n) is 4.90. The van der Waals surface area contributed by atoms with Crippen LogP contribution in [0.2, 0.25) is 0 Å². The number of hydrogen-bond donors (Lipinski definition) is 1. The van der Waals surface area contributed by atoms with Crippen LogP contribution in [-0.4, -0.2) is 11.1 Å². The number of carboxylic acid groups (broad SMARTS) is 1. The molecule has 1 aromatic rings. The summed E-state index contributed by atoms with van der Waals surface area (Å²) >= 11 is 0. The maximum atomic E-state index is 10.4. The monoisotopic (exact) mass is 204 g/mol. The largest absolute Gasteiger partial charge is 0.481 e. The zero-order valence-electron chi connectivity index (χ0n) is 8.27. The van der Waals surface area contributed by atoms with Crippen molar-refractivity contribution in [2.24, 2.45) is 0 Å². The quantitative estimate of drug-likeness (QED) is 0.822. The van der Waals surface area contributed by atoms with Gasteiger partial charge in [-0.05, 0) is 23.6 Å². The van der Waals surface area contributed by atoms with Crippen molar-refractivity contribution in [1.82, 2.24) is 0 Å². The zero-order chi connectivity index (χ0) is 10.7. The second-order valence-corrected chi connectivity index (χ2v) is 3.57. The Labute approximate surface area is 88.0 Å². The Morgan fingerprint density at radius 3 is 3.00 bits per heavy atom. The molecule has 0 fully saturated rings. The van der Waals surface area contributed by atoms with Gasteiger partial charge in [0.2, 0.25) is 0 Å². The second-order valence-electron chi connectivity index (χ2n) is 3.57. The SMILES string of the molecule is O=C(O)CCC1=COc2ccccc2C1. The molecule has 78 valence electrons. The van der Waals surface area contributed by atoms with E-state index >= 15 is 0 Å². The molecular weight excluding hydrogens is 192 g/mol. The number of carbonyl (C=O) groups is 1. The van der Waals surface area contributed by atoms with Gasteiger partial charge < -0.3 is 9.84 Å². The molecule has 1 aromatic carbocycles. The number of para-hydroxylation sites is 1. The van der Waals surface area contributed by atoms with Crippen LogP contribution in [0, 0.1) is 0 Å². The molecule has 1 N–H and O–H groups in total. The molecule has 0 unspecified atom stereocenters. The topological polar surface area (TPSA) is 46.5 Å². The third-order valence-electron chi connectivity index (χ3n) is 2.40. The fraction of sp³-hybridized carbons (Fsp3) is 0.250. The Hall–Kier alpha value is -1.77. The van der Waals surface area contributed by atoms with Crippen molar-refractivity contribution in [3.8, 4) is 5.75 Å². The zero-order valence-corrected chi connectivity index (χ0v) is 8.27. The third-order valence-corrected chi connectivity index (χ3v) is 2.40. The van der Waals surface area contributed by atoms with E-state index in [4.69, 9.17) is 9.84 Å². The molecule has 0 radical (unpaired) electrons. The number of aliphatic carboxylic acids is 1. The number of carboxylic acids is 1. The summed E-state index contributed by atoms with van der Waals surface area (Å²) in [7, 11) is 0. The van der Waals surface area contributed by atoms with Crippen LogP contribution < -0.4 is 4.74 Å². The van der Waals surface area contributed by atoms with E-state index in [2.05, 4.69) is 0 Å². The molecule has 2 rings (SSSR count). The van der Waals surface area contributed by atoms with E-state index in [1.165, 1.54) is 0 Å². The van der Waals surface area contributed by atoms with Crippen LogP contribution in [0.15, 0.2) is 36.1 Å². The predicted molar refractivity (Wildman–Crippen MR) is 55.7 cm³/mol. The lowest BCUT2D eigenvalue weighted by atomic mass is 10.00. The molecule has 0 bridgehead atoms. The van der Waals surface area contributed by atoms with Gasteiger partial charge in [0, 0.05) is 12.8 Å². The van der Waals surface area contributed by atoms with Gasteiger partial charge in [-0.25, -0.2) is 0 Å². The fourth-order valence-electron chi connectivity index (χ4n) is 1.61. The van der Waals surface area contributed by atoms with Crippen LogP contribution in [0.3, 0.4) is 0 Å².